The Labute approximate surface area is 147 Å². The van der Waals surface area contributed by atoms with Gasteiger partial charge in [-0.1, -0.05) is 39.8 Å². The highest BCUT2D eigenvalue weighted by atomic mass is 79.9. The van der Waals surface area contributed by atoms with Gasteiger partial charge in [-0.05, 0) is 26.0 Å². The third-order valence-corrected chi connectivity index (χ3v) is 4.84. The molecule has 1 saturated heterocycles. The zero-order chi connectivity index (χ0) is 17.0. The van der Waals surface area contributed by atoms with E-state index in [-0.39, 0.29) is 30.1 Å². The monoisotopic (exact) mass is 397 g/mol. The fourth-order valence-corrected chi connectivity index (χ4v) is 3.35. The lowest BCUT2D eigenvalue weighted by molar-refractivity contribution is -0.137. The largest absolute Gasteiger partial charge is 0.463 e. The summed E-state index contributed by atoms with van der Waals surface area (Å²) >= 11 is 4.56. The van der Waals surface area contributed by atoms with E-state index in [2.05, 4.69) is 15.9 Å². The molecule has 0 spiro atoms. The number of amides is 1. The predicted molar refractivity (Wildman–Crippen MR) is 92.0 cm³/mol. The van der Waals surface area contributed by atoms with Gasteiger partial charge in [-0.3, -0.25) is 14.5 Å². The van der Waals surface area contributed by atoms with Crippen molar-refractivity contribution in [3.63, 3.8) is 0 Å². The van der Waals surface area contributed by atoms with Gasteiger partial charge in [-0.15, -0.1) is 0 Å². The molecule has 1 amide bonds. The number of esters is 1. The van der Waals surface area contributed by atoms with Crippen LogP contribution in [0.3, 0.4) is 0 Å². The molecule has 23 heavy (non-hydrogen) atoms. The number of rotatable bonds is 5. The first-order chi connectivity index (χ1) is 10.9. The van der Waals surface area contributed by atoms with Crippen molar-refractivity contribution in [1.82, 2.24) is 4.90 Å². The van der Waals surface area contributed by atoms with E-state index in [9.17, 15) is 14.4 Å². The van der Waals surface area contributed by atoms with Crippen LogP contribution in [-0.4, -0.2) is 41.0 Å². The number of carbonyl (C=O) groups is 3. The highest BCUT2D eigenvalue weighted by molar-refractivity contribution is 9.10. The van der Waals surface area contributed by atoms with Crippen molar-refractivity contribution < 1.29 is 19.1 Å². The van der Waals surface area contributed by atoms with E-state index in [1.54, 1.807) is 38.1 Å². The van der Waals surface area contributed by atoms with Crippen molar-refractivity contribution in [3.05, 3.63) is 45.4 Å². The minimum absolute atomic E-state index is 0.0942. The fraction of sp³-hybridized carbons (Fsp3) is 0.312. The van der Waals surface area contributed by atoms with Gasteiger partial charge >= 0.3 is 5.97 Å². The summed E-state index contributed by atoms with van der Waals surface area (Å²) < 4.78 is 5.74. The van der Waals surface area contributed by atoms with Crippen LogP contribution in [0.2, 0.25) is 0 Å². The molecule has 1 atom stereocenters. The predicted octanol–water partition coefficient (Wildman–Crippen LogP) is 3.00. The second kappa shape index (κ2) is 7.79. The van der Waals surface area contributed by atoms with Crippen LogP contribution in [0.1, 0.15) is 24.2 Å². The van der Waals surface area contributed by atoms with Crippen LogP contribution in [0, 0.1) is 0 Å². The van der Waals surface area contributed by atoms with E-state index in [1.165, 1.54) is 22.7 Å². The van der Waals surface area contributed by atoms with Crippen molar-refractivity contribution >= 4 is 45.4 Å². The number of nitrogens with zero attached hydrogens (tertiary/aromatic N) is 1. The normalized spacial score (nSPS) is 19.3. The van der Waals surface area contributed by atoms with E-state index >= 15 is 0 Å². The van der Waals surface area contributed by atoms with Crippen LogP contribution in [0.4, 0.5) is 0 Å². The highest BCUT2D eigenvalue weighted by Crippen LogP contribution is 2.34. The van der Waals surface area contributed by atoms with Crippen LogP contribution in [0.25, 0.3) is 0 Å². The molecular formula is C16H16BrNO4S. The first kappa shape index (κ1) is 17.7. The SMILES string of the molecule is CCOC(=O)/C=C1\S[C@@H](C)C(=O)N1CC(=O)c1ccc(Br)cc1. The third kappa shape index (κ3) is 4.45. The standard InChI is InChI=1S/C16H16BrNO4S/c1-3-22-15(20)8-14-18(16(21)10(2)23-14)9-13(19)11-4-6-12(17)7-5-11/h4-8,10H,3,9H2,1-2H3/b14-8-/t10-/m0/s1. The molecule has 0 saturated carbocycles. The molecule has 0 unspecified atom stereocenters. The number of benzene rings is 1. The molecule has 1 aromatic carbocycles. The Morgan fingerprint density at radius 2 is 2.00 bits per heavy atom. The number of halogens is 1. The molecular weight excluding hydrogens is 382 g/mol. The zero-order valence-corrected chi connectivity index (χ0v) is 15.1. The molecule has 1 aliphatic heterocycles. The van der Waals surface area contributed by atoms with Crippen LogP contribution < -0.4 is 0 Å². The second-order valence-corrected chi connectivity index (χ2v) is 7.13. The Balaban J connectivity index is 2.17. The maximum Gasteiger partial charge on any atom is 0.333 e. The van der Waals surface area contributed by atoms with Crippen molar-refractivity contribution in [3.8, 4) is 0 Å². The minimum atomic E-state index is -0.516. The number of hydrogen-bond donors (Lipinski definition) is 0. The van der Waals surface area contributed by atoms with Crippen molar-refractivity contribution in [1.29, 1.82) is 0 Å². The van der Waals surface area contributed by atoms with Gasteiger partial charge in [0.25, 0.3) is 0 Å². The van der Waals surface area contributed by atoms with E-state index in [4.69, 9.17) is 4.74 Å². The molecule has 0 aliphatic carbocycles. The summed E-state index contributed by atoms with van der Waals surface area (Å²) in [5.41, 5.74) is 0.515. The Hall–Kier alpha value is -1.60. The maximum absolute atomic E-state index is 12.4. The molecule has 122 valence electrons. The van der Waals surface area contributed by atoms with Crippen molar-refractivity contribution in [2.75, 3.05) is 13.2 Å². The van der Waals surface area contributed by atoms with Gasteiger partial charge in [0.1, 0.15) is 0 Å². The first-order valence-electron chi connectivity index (χ1n) is 7.07. The average molecular weight is 398 g/mol. The summed E-state index contributed by atoms with van der Waals surface area (Å²) in [7, 11) is 0. The van der Waals surface area contributed by atoms with Gasteiger partial charge in [0.2, 0.25) is 5.91 Å². The highest BCUT2D eigenvalue weighted by Gasteiger charge is 2.35. The molecule has 1 aromatic rings. The Morgan fingerprint density at radius 3 is 2.61 bits per heavy atom. The number of ketones is 1. The lowest BCUT2D eigenvalue weighted by Gasteiger charge is -2.16. The van der Waals surface area contributed by atoms with Gasteiger partial charge in [-0.2, -0.15) is 0 Å². The summed E-state index contributed by atoms with van der Waals surface area (Å²) in [5.74, 6) is -0.885. The van der Waals surface area contributed by atoms with Crippen LogP contribution in [0.15, 0.2) is 39.8 Å². The second-order valence-electron chi connectivity index (χ2n) is 4.85. The molecule has 0 bridgehead atoms. The van der Waals surface area contributed by atoms with Gasteiger partial charge in [0.05, 0.1) is 29.5 Å². The molecule has 2 rings (SSSR count). The maximum atomic E-state index is 12.4. The molecule has 5 nitrogen and oxygen atoms in total. The Bertz CT molecular complexity index is 657. The van der Waals surface area contributed by atoms with E-state index < -0.39 is 5.97 Å². The number of hydrogen-bond acceptors (Lipinski definition) is 5. The van der Waals surface area contributed by atoms with Crippen molar-refractivity contribution in [2.45, 2.75) is 19.1 Å². The minimum Gasteiger partial charge on any atom is -0.463 e. The quantitative estimate of drug-likeness (QED) is 0.434. The molecule has 1 fully saturated rings. The smallest absolute Gasteiger partial charge is 0.333 e. The summed E-state index contributed by atoms with van der Waals surface area (Å²) in [6, 6.07) is 6.92. The van der Waals surface area contributed by atoms with Crippen LogP contribution in [-0.2, 0) is 14.3 Å². The van der Waals surface area contributed by atoms with Crippen molar-refractivity contribution in [2.24, 2.45) is 0 Å². The topological polar surface area (TPSA) is 63.7 Å². The molecule has 1 aliphatic rings. The number of thioether (sulfide) groups is 1. The summed E-state index contributed by atoms with van der Waals surface area (Å²) in [5, 5.41) is 0.125. The molecule has 7 heteroatoms. The van der Waals surface area contributed by atoms with Gasteiger partial charge < -0.3 is 4.74 Å². The summed E-state index contributed by atoms with van der Waals surface area (Å²) in [6.07, 6.45) is 1.27. The Kier molecular flexibility index (Phi) is 6.01. The van der Waals surface area contributed by atoms with E-state index in [0.29, 0.717) is 10.6 Å². The fourth-order valence-electron chi connectivity index (χ4n) is 2.05. The lowest BCUT2D eigenvalue weighted by atomic mass is 10.1. The first-order valence-corrected chi connectivity index (χ1v) is 8.75. The van der Waals surface area contributed by atoms with Gasteiger partial charge in [0, 0.05) is 10.0 Å². The van der Waals surface area contributed by atoms with Crippen LogP contribution >= 0.6 is 27.7 Å². The molecule has 0 N–H and O–H groups in total. The van der Waals surface area contributed by atoms with E-state index in [1.807, 2.05) is 0 Å². The zero-order valence-electron chi connectivity index (χ0n) is 12.7. The average Bonchev–Trinajstić information content (AvgIpc) is 2.75. The molecule has 0 radical (unpaired) electrons. The van der Waals surface area contributed by atoms with E-state index in [0.717, 1.165) is 4.47 Å². The van der Waals surface area contributed by atoms with Gasteiger partial charge in [-0.25, -0.2) is 4.79 Å². The van der Waals surface area contributed by atoms with Gasteiger partial charge in [0.15, 0.2) is 5.78 Å². The Morgan fingerprint density at radius 1 is 1.35 bits per heavy atom. The summed E-state index contributed by atoms with van der Waals surface area (Å²) in [6.45, 7) is 3.62. The van der Waals surface area contributed by atoms with Crippen LogP contribution in [0.5, 0.6) is 0 Å². The molecule has 1 heterocycles. The number of ether oxygens (including phenoxy) is 1. The number of Topliss-reactive ketones (excluding diaryl/α,β-unsaturated/α-hetero) is 1. The lowest BCUT2D eigenvalue weighted by Crippen LogP contribution is -2.33. The molecule has 0 aromatic heterocycles. The third-order valence-electron chi connectivity index (χ3n) is 3.17. The summed E-state index contributed by atoms with van der Waals surface area (Å²) in [4.78, 5) is 37.5. The number of carbonyl (C=O) groups excluding carboxylic acids is 3.